The Balaban J connectivity index is 1.99. The number of aliphatic imine (C=N–C) groups is 1. The topological polar surface area (TPSA) is 79.2 Å². The largest absolute Gasteiger partial charge is 0.477 e. The lowest BCUT2D eigenvalue weighted by atomic mass is 10.2. The van der Waals surface area contributed by atoms with Crippen LogP contribution >= 0.6 is 0 Å². The smallest absolute Gasteiger partial charge is 0.415 e. The highest BCUT2D eigenvalue weighted by atomic mass is 16.6. The zero-order chi connectivity index (χ0) is 16.1. The van der Waals surface area contributed by atoms with Crippen LogP contribution in [0.4, 0.5) is 16.2 Å². The zero-order valence-electron chi connectivity index (χ0n) is 12.6. The second-order valence-corrected chi connectivity index (χ2v) is 6.17. The molecule has 0 radical (unpaired) electrons. The average Bonchev–Trinajstić information content (AvgIpc) is 2.99. The Morgan fingerprint density at radius 1 is 1.27 bits per heavy atom. The fourth-order valence-electron chi connectivity index (χ4n) is 2.49. The highest BCUT2D eigenvalue weighted by Gasteiger charge is 2.27. The van der Waals surface area contributed by atoms with Gasteiger partial charge in [-0.05, 0) is 39.0 Å². The van der Waals surface area contributed by atoms with Crippen LogP contribution in [0.15, 0.2) is 17.1 Å². The molecule has 114 valence electrons. The van der Waals surface area contributed by atoms with Crippen molar-refractivity contribution in [3.8, 4) is 0 Å². The zero-order valence-corrected chi connectivity index (χ0v) is 12.6. The van der Waals surface area contributed by atoms with E-state index in [1.165, 1.54) is 11.0 Å². The number of rotatable bonds is 1. The van der Waals surface area contributed by atoms with E-state index < -0.39 is 17.7 Å². The second kappa shape index (κ2) is 4.69. The van der Waals surface area contributed by atoms with Gasteiger partial charge < -0.3 is 9.84 Å². The summed E-state index contributed by atoms with van der Waals surface area (Å²) in [5.74, 6) is -1.06. The summed E-state index contributed by atoms with van der Waals surface area (Å²) in [4.78, 5) is 28.9. The molecule has 0 aliphatic carbocycles. The van der Waals surface area contributed by atoms with Crippen LogP contribution in [-0.2, 0) is 9.53 Å². The van der Waals surface area contributed by atoms with Crippen molar-refractivity contribution in [2.24, 2.45) is 4.99 Å². The lowest BCUT2D eigenvalue weighted by molar-refractivity contribution is -0.129. The van der Waals surface area contributed by atoms with Crippen LogP contribution in [-0.4, -0.2) is 35.0 Å². The molecule has 0 saturated carbocycles. The molecule has 0 atom stereocenters. The van der Waals surface area contributed by atoms with Crippen LogP contribution in [0.5, 0.6) is 0 Å². The SMILES string of the molecule is CC(C)(C)OC(=O)N1CC=c2c1ccc1c2=CC(C(=O)O)=N1. The average molecular weight is 300 g/mol. The number of carbonyl (C=O) groups excluding carboxylic acids is 1. The number of hydrogen-bond donors (Lipinski definition) is 1. The van der Waals surface area contributed by atoms with Gasteiger partial charge in [-0.1, -0.05) is 6.08 Å². The van der Waals surface area contributed by atoms with E-state index in [4.69, 9.17) is 9.84 Å². The molecule has 22 heavy (non-hydrogen) atoms. The summed E-state index contributed by atoms with van der Waals surface area (Å²) >= 11 is 0. The van der Waals surface area contributed by atoms with Crippen LogP contribution in [0.3, 0.4) is 0 Å². The summed E-state index contributed by atoms with van der Waals surface area (Å²) in [5, 5.41) is 10.6. The van der Waals surface area contributed by atoms with Gasteiger partial charge in [0, 0.05) is 17.0 Å². The predicted octanol–water partition coefficient (Wildman–Crippen LogP) is 1.17. The van der Waals surface area contributed by atoms with Crippen LogP contribution in [0.1, 0.15) is 20.8 Å². The van der Waals surface area contributed by atoms with Crippen molar-refractivity contribution in [3.63, 3.8) is 0 Å². The Bertz CT molecular complexity index is 831. The number of ether oxygens (including phenoxy) is 1. The van der Waals surface area contributed by atoms with Crippen molar-refractivity contribution in [3.05, 3.63) is 22.6 Å². The summed E-state index contributed by atoms with van der Waals surface area (Å²) in [7, 11) is 0. The molecular formula is C16H16N2O4. The van der Waals surface area contributed by atoms with E-state index in [2.05, 4.69) is 4.99 Å². The van der Waals surface area contributed by atoms with E-state index in [-0.39, 0.29) is 5.71 Å². The molecule has 0 unspecified atom stereocenters. The molecule has 1 N–H and O–H groups in total. The van der Waals surface area contributed by atoms with Crippen molar-refractivity contribution < 1.29 is 19.4 Å². The number of aliphatic carboxylic acids is 1. The van der Waals surface area contributed by atoms with Crippen LogP contribution in [0, 0.1) is 0 Å². The first-order chi connectivity index (χ1) is 10.3. The van der Waals surface area contributed by atoms with Crippen LogP contribution < -0.4 is 15.3 Å². The molecule has 0 spiro atoms. The summed E-state index contributed by atoms with van der Waals surface area (Å²) in [6, 6.07) is 3.49. The molecule has 2 aliphatic heterocycles. The van der Waals surface area contributed by atoms with Gasteiger partial charge in [-0.2, -0.15) is 0 Å². The van der Waals surface area contributed by atoms with E-state index in [9.17, 15) is 9.59 Å². The summed E-state index contributed by atoms with van der Waals surface area (Å²) in [5.41, 5.74) is 0.763. The quantitative estimate of drug-likeness (QED) is 0.844. The van der Waals surface area contributed by atoms with E-state index in [1.54, 1.807) is 12.1 Å². The maximum atomic E-state index is 12.2. The second-order valence-electron chi connectivity index (χ2n) is 6.17. The first-order valence-corrected chi connectivity index (χ1v) is 6.94. The molecule has 1 aromatic carbocycles. The minimum atomic E-state index is -1.06. The Kier molecular flexibility index (Phi) is 3.05. The van der Waals surface area contributed by atoms with Crippen LogP contribution in [0.2, 0.25) is 0 Å². The molecule has 0 saturated heterocycles. The number of carboxylic acid groups (broad SMARTS) is 1. The molecule has 0 fully saturated rings. The highest BCUT2D eigenvalue weighted by Crippen LogP contribution is 2.20. The molecule has 6 heteroatoms. The van der Waals surface area contributed by atoms with Crippen LogP contribution in [0.25, 0.3) is 12.2 Å². The highest BCUT2D eigenvalue weighted by molar-refractivity contribution is 6.49. The van der Waals surface area contributed by atoms with Crippen molar-refractivity contribution in [1.82, 2.24) is 0 Å². The fraction of sp³-hybridized carbons (Fsp3) is 0.312. The number of carboxylic acids is 1. The van der Waals surface area contributed by atoms with Crippen molar-refractivity contribution >= 4 is 41.3 Å². The van der Waals surface area contributed by atoms with Crippen molar-refractivity contribution in [2.75, 3.05) is 11.4 Å². The monoisotopic (exact) mass is 300 g/mol. The molecule has 3 rings (SSSR count). The number of fused-ring (bicyclic) bond motifs is 3. The van der Waals surface area contributed by atoms with E-state index in [1.807, 2.05) is 26.8 Å². The molecule has 0 bridgehead atoms. The summed E-state index contributed by atoms with van der Waals surface area (Å²) in [6.45, 7) is 5.84. The fourth-order valence-corrected chi connectivity index (χ4v) is 2.49. The van der Waals surface area contributed by atoms with Gasteiger partial charge in [0.05, 0.1) is 11.4 Å². The number of nitrogens with zero attached hydrogens (tertiary/aromatic N) is 2. The Hall–Kier alpha value is -2.63. The number of amides is 1. The maximum Gasteiger partial charge on any atom is 0.415 e. The van der Waals surface area contributed by atoms with Crippen molar-refractivity contribution in [2.45, 2.75) is 26.4 Å². The third-order valence-corrected chi connectivity index (χ3v) is 3.36. The minimum Gasteiger partial charge on any atom is -0.477 e. The van der Waals surface area contributed by atoms with Gasteiger partial charge in [-0.3, -0.25) is 4.90 Å². The Labute approximate surface area is 127 Å². The normalized spacial score (nSPS) is 15.4. The number of hydrogen-bond acceptors (Lipinski definition) is 4. The van der Waals surface area contributed by atoms with Crippen molar-refractivity contribution in [1.29, 1.82) is 0 Å². The molecule has 2 aliphatic rings. The minimum absolute atomic E-state index is 0.00696. The molecule has 1 aromatic rings. The molecule has 0 aromatic heterocycles. The lowest BCUT2D eigenvalue weighted by Crippen LogP contribution is -2.37. The summed E-state index contributed by atoms with van der Waals surface area (Å²) < 4.78 is 5.39. The third-order valence-electron chi connectivity index (χ3n) is 3.36. The number of benzene rings is 1. The maximum absolute atomic E-state index is 12.2. The molecular weight excluding hydrogens is 284 g/mol. The summed E-state index contributed by atoms with van der Waals surface area (Å²) in [6.07, 6.45) is 3.00. The molecule has 2 heterocycles. The van der Waals surface area contributed by atoms with Gasteiger partial charge in [-0.25, -0.2) is 14.6 Å². The van der Waals surface area contributed by atoms with Gasteiger partial charge in [0.2, 0.25) is 0 Å². The van der Waals surface area contributed by atoms with E-state index >= 15 is 0 Å². The first kappa shape index (κ1) is 14.3. The van der Waals surface area contributed by atoms with Gasteiger partial charge in [0.25, 0.3) is 0 Å². The number of anilines is 1. The molecule has 6 nitrogen and oxygen atoms in total. The standard InChI is InChI=1S/C16H16N2O4/c1-16(2,3)22-15(21)18-7-6-9-10-8-12(14(19)20)17-11(10)4-5-13(9)18/h4-6,8H,7H2,1-3H3,(H,19,20). The Morgan fingerprint density at radius 3 is 2.64 bits per heavy atom. The van der Waals surface area contributed by atoms with E-state index in [0.29, 0.717) is 17.9 Å². The number of carbonyl (C=O) groups is 2. The third kappa shape index (κ3) is 2.36. The van der Waals surface area contributed by atoms with E-state index in [0.717, 1.165) is 10.4 Å². The lowest BCUT2D eigenvalue weighted by Gasteiger charge is -2.25. The Morgan fingerprint density at radius 2 is 2.00 bits per heavy atom. The van der Waals surface area contributed by atoms with Gasteiger partial charge in [0.15, 0.2) is 0 Å². The first-order valence-electron chi connectivity index (χ1n) is 6.94. The van der Waals surface area contributed by atoms with Gasteiger partial charge in [0.1, 0.15) is 11.3 Å². The predicted molar refractivity (Wildman–Crippen MR) is 82.9 cm³/mol. The van der Waals surface area contributed by atoms with Gasteiger partial charge >= 0.3 is 12.1 Å². The molecule has 1 amide bonds. The van der Waals surface area contributed by atoms with Gasteiger partial charge in [-0.15, -0.1) is 0 Å².